The number of para-hydroxylation sites is 1. The van der Waals surface area contributed by atoms with E-state index in [0.29, 0.717) is 31.4 Å². The van der Waals surface area contributed by atoms with E-state index in [0.717, 1.165) is 67.9 Å². The third-order valence-electron chi connectivity index (χ3n) is 13.9. The standard InChI is InChI=1S/C62H96O8/c1-4-7-10-12-14-16-18-20-22-24-26-32-49-65-54-42-37-52(38-43-54)39-48-61(63)67-51-60-59(47-46-58(69-60)57(36-29-9-6-3)68-56-34-30-28-31-35-56)70-62(64)53-40-44-55(45-41-53)66-50-33-27-25-23-21-19-17-15-13-11-8-5-2/h28,30-31,34-35,37-38,40-45,57-60H,4-27,29,32-33,36,39,46-51H2,1-3H3/t57?,58-,59-,60+/m0/s1. The van der Waals surface area contributed by atoms with Gasteiger partial charge in [0.15, 0.2) is 0 Å². The number of hydrogen-bond donors (Lipinski definition) is 0. The summed E-state index contributed by atoms with van der Waals surface area (Å²) in [5, 5.41) is 0. The Bertz CT molecular complexity index is 1710. The molecule has 8 heteroatoms. The van der Waals surface area contributed by atoms with E-state index >= 15 is 0 Å². The van der Waals surface area contributed by atoms with Crippen LogP contribution in [0.3, 0.4) is 0 Å². The van der Waals surface area contributed by atoms with Gasteiger partial charge < -0.3 is 28.4 Å². The van der Waals surface area contributed by atoms with E-state index in [2.05, 4.69) is 20.8 Å². The van der Waals surface area contributed by atoms with Crippen LogP contribution in [0, 0.1) is 0 Å². The van der Waals surface area contributed by atoms with E-state index in [4.69, 9.17) is 28.4 Å². The largest absolute Gasteiger partial charge is 0.494 e. The summed E-state index contributed by atoms with van der Waals surface area (Å²) >= 11 is 0. The van der Waals surface area contributed by atoms with Crippen LogP contribution in [0.5, 0.6) is 17.2 Å². The molecule has 4 atom stereocenters. The predicted octanol–water partition coefficient (Wildman–Crippen LogP) is 17.1. The third-order valence-corrected chi connectivity index (χ3v) is 13.9. The first kappa shape index (κ1) is 58.5. The summed E-state index contributed by atoms with van der Waals surface area (Å²) < 4.78 is 37.4. The minimum Gasteiger partial charge on any atom is -0.494 e. The van der Waals surface area contributed by atoms with Gasteiger partial charge >= 0.3 is 11.9 Å². The molecule has 0 radical (unpaired) electrons. The maximum Gasteiger partial charge on any atom is 0.338 e. The number of carbonyl (C=O) groups is 2. The zero-order valence-corrected chi connectivity index (χ0v) is 44.3. The summed E-state index contributed by atoms with van der Waals surface area (Å²) in [4.78, 5) is 26.9. The van der Waals surface area contributed by atoms with Crippen LogP contribution in [-0.4, -0.2) is 56.2 Å². The van der Waals surface area contributed by atoms with Gasteiger partial charge in [0.05, 0.1) is 24.9 Å². The molecule has 1 unspecified atom stereocenters. The molecular formula is C62H96O8. The Kier molecular flexibility index (Phi) is 32.3. The van der Waals surface area contributed by atoms with Crippen molar-refractivity contribution in [2.45, 2.75) is 251 Å². The number of carbonyl (C=O) groups excluding carboxylic acids is 2. The molecule has 0 N–H and O–H groups in total. The molecular weight excluding hydrogens is 873 g/mol. The van der Waals surface area contributed by atoms with Crippen molar-refractivity contribution in [3.63, 3.8) is 0 Å². The highest BCUT2D eigenvalue weighted by Gasteiger charge is 2.39. The Morgan fingerprint density at radius 2 is 1.00 bits per heavy atom. The summed E-state index contributed by atoms with van der Waals surface area (Å²) in [7, 11) is 0. The fourth-order valence-electron chi connectivity index (χ4n) is 9.44. The Hall–Kier alpha value is -4.04. The average Bonchev–Trinajstić information content (AvgIpc) is 3.38. The Morgan fingerprint density at radius 3 is 1.51 bits per heavy atom. The third kappa shape index (κ3) is 26.4. The van der Waals surface area contributed by atoms with Gasteiger partial charge in [-0.15, -0.1) is 0 Å². The van der Waals surface area contributed by atoms with Crippen molar-refractivity contribution in [3.8, 4) is 17.2 Å². The van der Waals surface area contributed by atoms with Gasteiger partial charge in [-0.2, -0.15) is 0 Å². The smallest absolute Gasteiger partial charge is 0.338 e. The molecule has 392 valence electrons. The van der Waals surface area contributed by atoms with Crippen LogP contribution in [0.1, 0.15) is 236 Å². The van der Waals surface area contributed by atoms with Gasteiger partial charge in [-0.1, -0.05) is 205 Å². The van der Waals surface area contributed by atoms with E-state index in [1.54, 1.807) is 12.1 Å². The van der Waals surface area contributed by atoms with Gasteiger partial charge in [-0.3, -0.25) is 4.79 Å². The highest BCUT2D eigenvalue weighted by Crippen LogP contribution is 2.30. The quantitative estimate of drug-likeness (QED) is 0.0410. The first-order valence-corrected chi connectivity index (χ1v) is 28.7. The number of aryl methyl sites for hydroxylation is 1. The van der Waals surface area contributed by atoms with Crippen molar-refractivity contribution in [2.24, 2.45) is 0 Å². The number of hydrogen-bond acceptors (Lipinski definition) is 8. The molecule has 4 rings (SSSR count). The van der Waals surface area contributed by atoms with Crippen LogP contribution in [0.2, 0.25) is 0 Å². The fourth-order valence-corrected chi connectivity index (χ4v) is 9.44. The van der Waals surface area contributed by atoms with Gasteiger partial charge in [-0.25, -0.2) is 4.79 Å². The summed E-state index contributed by atoms with van der Waals surface area (Å²) in [6.45, 7) is 8.11. The molecule has 3 aromatic rings. The van der Waals surface area contributed by atoms with Crippen LogP contribution in [0.15, 0.2) is 78.9 Å². The predicted molar refractivity (Wildman–Crippen MR) is 287 cm³/mol. The summed E-state index contributed by atoms with van der Waals surface area (Å²) in [5.74, 6) is 1.65. The highest BCUT2D eigenvalue weighted by atomic mass is 16.6. The second kappa shape index (κ2) is 38.6. The van der Waals surface area contributed by atoms with Gasteiger partial charge in [0.25, 0.3) is 0 Å². The molecule has 0 amide bonds. The van der Waals surface area contributed by atoms with Crippen molar-refractivity contribution in [2.75, 3.05) is 19.8 Å². The molecule has 0 aromatic heterocycles. The second-order valence-corrected chi connectivity index (χ2v) is 20.0. The number of benzene rings is 3. The first-order valence-electron chi connectivity index (χ1n) is 28.7. The Labute approximate surface area is 426 Å². The lowest BCUT2D eigenvalue weighted by molar-refractivity contribution is -0.177. The van der Waals surface area contributed by atoms with E-state index in [1.165, 1.54) is 141 Å². The van der Waals surface area contributed by atoms with Gasteiger partial charge in [0, 0.05) is 6.42 Å². The van der Waals surface area contributed by atoms with Crippen LogP contribution in [0.25, 0.3) is 0 Å². The topological polar surface area (TPSA) is 89.5 Å². The molecule has 1 fully saturated rings. The molecule has 0 saturated carbocycles. The van der Waals surface area contributed by atoms with Crippen LogP contribution in [0.4, 0.5) is 0 Å². The Morgan fingerprint density at radius 1 is 0.529 bits per heavy atom. The lowest BCUT2D eigenvalue weighted by Crippen LogP contribution is -2.49. The second-order valence-electron chi connectivity index (χ2n) is 20.0. The van der Waals surface area contributed by atoms with E-state index in [1.807, 2.05) is 66.7 Å². The monoisotopic (exact) mass is 969 g/mol. The summed E-state index contributed by atoms with van der Waals surface area (Å²) in [6.07, 6.45) is 35.9. The highest BCUT2D eigenvalue weighted by molar-refractivity contribution is 5.89. The number of unbranched alkanes of at least 4 members (excludes halogenated alkanes) is 24. The fraction of sp³-hybridized carbons (Fsp3) is 0.677. The van der Waals surface area contributed by atoms with Crippen molar-refractivity contribution >= 4 is 11.9 Å². The lowest BCUT2D eigenvalue weighted by Gasteiger charge is -2.39. The summed E-state index contributed by atoms with van der Waals surface area (Å²) in [6, 6.07) is 25.1. The van der Waals surface area contributed by atoms with Crippen molar-refractivity contribution in [1.82, 2.24) is 0 Å². The molecule has 1 aliphatic rings. The molecule has 1 aliphatic heterocycles. The molecule has 70 heavy (non-hydrogen) atoms. The zero-order chi connectivity index (χ0) is 49.5. The Balaban J connectivity index is 1.21. The molecule has 1 saturated heterocycles. The molecule has 1 heterocycles. The van der Waals surface area contributed by atoms with Crippen LogP contribution < -0.4 is 14.2 Å². The number of ether oxygens (including phenoxy) is 6. The van der Waals surface area contributed by atoms with Crippen LogP contribution in [-0.2, 0) is 25.4 Å². The average molecular weight is 969 g/mol. The zero-order valence-electron chi connectivity index (χ0n) is 44.3. The van der Waals surface area contributed by atoms with Gasteiger partial charge in [0.2, 0.25) is 0 Å². The maximum absolute atomic E-state index is 13.6. The van der Waals surface area contributed by atoms with E-state index < -0.39 is 18.2 Å². The van der Waals surface area contributed by atoms with Gasteiger partial charge in [0.1, 0.15) is 42.2 Å². The van der Waals surface area contributed by atoms with E-state index in [9.17, 15) is 9.59 Å². The number of esters is 2. The minimum atomic E-state index is -0.639. The van der Waals surface area contributed by atoms with Crippen LogP contribution >= 0.6 is 0 Å². The number of rotatable bonds is 42. The van der Waals surface area contributed by atoms with Crippen molar-refractivity contribution in [1.29, 1.82) is 0 Å². The SMILES string of the molecule is CCCCCCCCCCCCCCOc1ccc(CCC(=O)OC[C@H]2O[C@H](C(CCCCC)Oc3ccccc3)CC[C@@H]2OC(=O)c2ccc(OCCCCCCCCCCCCCC)cc2)cc1. The van der Waals surface area contributed by atoms with Gasteiger partial charge in [-0.05, 0) is 99.0 Å². The first-order chi connectivity index (χ1) is 34.5. The van der Waals surface area contributed by atoms with E-state index in [-0.39, 0.29) is 31.2 Å². The minimum absolute atomic E-state index is 0.0158. The van der Waals surface area contributed by atoms with Crippen molar-refractivity contribution < 1.29 is 38.0 Å². The molecule has 0 spiro atoms. The lowest BCUT2D eigenvalue weighted by atomic mass is 9.95. The molecule has 0 aliphatic carbocycles. The van der Waals surface area contributed by atoms with Crippen molar-refractivity contribution in [3.05, 3.63) is 90.0 Å². The maximum atomic E-state index is 13.6. The molecule has 3 aromatic carbocycles. The molecule has 0 bridgehead atoms. The normalized spacial score (nSPS) is 16.1. The molecule has 8 nitrogen and oxygen atoms in total. The summed E-state index contributed by atoms with van der Waals surface area (Å²) in [5.41, 5.74) is 1.49.